The highest BCUT2D eigenvalue weighted by Gasteiger charge is 2.16. The third-order valence-corrected chi connectivity index (χ3v) is 4.96. The summed E-state index contributed by atoms with van der Waals surface area (Å²) in [5.41, 5.74) is 6.46. The maximum atomic E-state index is 7.58. The first-order valence-electron chi connectivity index (χ1n) is 5.93. The normalized spacial score (nSPS) is 16.3. The van der Waals surface area contributed by atoms with E-state index in [1.165, 1.54) is 25.7 Å². The molecule has 0 heterocycles. The van der Waals surface area contributed by atoms with Crippen molar-refractivity contribution in [2.24, 2.45) is 11.7 Å². The van der Waals surface area contributed by atoms with Crippen LogP contribution < -0.4 is 5.73 Å². The van der Waals surface area contributed by atoms with Crippen LogP contribution in [0.1, 0.15) is 31.2 Å². The molecule has 0 radical (unpaired) electrons. The van der Waals surface area contributed by atoms with E-state index in [2.05, 4.69) is 22.0 Å². The van der Waals surface area contributed by atoms with Gasteiger partial charge in [0.25, 0.3) is 0 Å². The fraction of sp³-hybridized carbons (Fsp3) is 0.462. The summed E-state index contributed by atoms with van der Waals surface area (Å²) in [6.45, 7) is 0. The molecule has 17 heavy (non-hydrogen) atoms. The molecule has 0 bridgehead atoms. The van der Waals surface area contributed by atoms with Crippen molar-refractivity contribution in [3.05, 3.63) is 28.2 Å². The summed E-state index contributed by atoms with van der Waals surface area (Å²) in [6.07, 6.45) is 5.47. The SMILES string of the molecule is N=C(N)c1ccc(Br)cc1SCC1CCCC1. The van der Waals surface area contributed by atoms with Gasteiger partial charge >= 0.3 is 0 Å². The number of amidine groups is 1. The number of hydrogen-bond acceptors (Lipinski definition) is 2. The number of nitrogens with one attached hydrogen (secondary N) is 1. The maximum Gasteiger partial charge on any atom is 0.123 e. The van der Waals surface area contributed by atoms with Crippen LogP contribution in [-0.4, -0.2) is 11.6 Å². The Morgan fingerprint density at radius 2 is 2.12 bits per heavy atom. The van der Waals surface area contributed by atoms with Gasteiger partial charge in [0.1, 0.15) is 5.84 Å². The Hall–Kier alpha value is -0.480. The lowest BCUT2D eigenvalue weighted by atomic mass is 10.1. The number of benzene rings is 1. The van der Waals surface area contributed by atoms with Crippen LogP contribution in [0.3, 0.4) is 0 Å². The predicted molar refractivity (Wildman–Crippen MR) is 77.8 cm³/mol. The first-order chi connectivity index (χ1) is 8.16. The van der Waals surface area contributed by atoms with Gasteiger partial charge in [-0.2, -0.15) is 0 Å². The Bertz CT molecular complexity index is 414. The van der Waals surface area contributed by atoms with Gasteiger partial charge in [0.15, 0.2) is 0 Å². The van der Waals surface area contributed by atoms with Gasteiger partial charge in [-0.3, -0.25) is 5.41 Å². The third-order valence-electron chi connectivity index (χ3n) is 3.18. The van der Waals surface area contributed by atoms with Gasteiger partial charge in [0.2, 0.25) is 0 Å². The second-order valence-electron chi connectivity index (χ2n) is 4.52. The molecule has 1 fully saturated rings. The van der Waals surface area contributed by atoms with Crippen LogP contribution in [0.25, 0.3) is 0 Å². The third kappa shape index (κ3) is 3.49. The highest BCUT2D eigenvalue weighted by Crippen LogP contribution is 2.33. The summed E-state index contributed by atoms with van der Waals surface area (Å²) in [7, 11) is 0. The zero-order valence-electron chi connectivity index (χ0n) is 9.71. The van der Waals surface area contributed by atoms with Gasteiger partial charge in [-0.25, -0.2) is 0 Å². The number of nitrogen functional groups attached to an aromatic ring is 1. The molecular formula is C13H17BrN2S. The van der Waals surface area contributed by atoms with Crippen LogP contribution in [0.15, 0.2) is 27.6 Å². The zero-order chi connectivity index (χ0) is 12.3. The van der Waals surface area contributed by atoms with Gasteiger partial charge in [0.05, 0.1) is 0 Å². The molecular weight excluding hydrogens is 296 g/mol. The Labute approximate surface area is 115 Å². The lowest BCUT2D eigenvalue weighted by Crippen LogP contribution is -2.12. The van der Waals surface area contributed by atoms with Crippen molar-refractivity contribution in [3.8, 4) is 0 Å². The zero-order valence-corrected chi connectivity index (χ0v) is 12.1. The Morgan fingerprint density at radius 1 is 1.41 bits per heavy atom. The van der Waals surface area contributed by atoms with Crippen molar-refractivity contribution in [1.82, 2.24) is 0 Å². The van der Waals surface area contributed by atoms with Crippen LogP contribution in [0.4, 0.5) is 0 Å². The van der Waals surface area contributed by atoms with Gasteiger partial charge in [0, 0.05) is 20.7 Å². The van der Waals surface area contributed by atoms with E-state index in [0.29, 0.717) is 0 Å². The van der Waals surface area contributed by atoms with E-state index in [1.54, 1.807) is 0 Å². The van der Waals surface area contributed by atoms with Crippen LogP contribution >= 0.6 is 27.7 Å². The molecule has 1 aliphatic rings. The van der Waals surface area contributed by atoms with Crippen LogP contribution in [0, 0.1) is 11.3 Å². The Morgan fingerprint density at radius 3 is 2.76 bits per heavy atom. The summed E-state index contributed by atoms with van der Waals surface area (Å²) in [6, 6.07) is 5.93. The quantitative estimate of drug-likeness (QED) is 0.501. The molecule has 1 aliphatic carbocycles. The molecule has 0 spiro atoms. The minimum absolute atomic E-state index is 0.159. The van der Waals surface area contributed by atoms with E-state index >= 15 is 0 Å². The highest BCUT2D eigenvalue weighted by atomic mass is 79.9. The molecule has 0 aliphatic heterocycles. The number of rotatable bonds is 4. The largest absolute Gasteiger partial charge is 0.384 e. The molecule has 1 aromatic carbocycles. The van der Waals surface area contributed by atoms with Crippen molar-refractivity contribution in [2.75, 3.05) is 5.75 Å². The predicted octanol–water partition coefficient (Wildman–Crippen LogP) is 4.02. The average Bonchev–Trinajstić information content (AvgIpc) is 2.78. The molecule has 2 nitrogen and oxygen atoms in total. The van der Waals surface area contributed by atoms with Gasteiger partial charge in [-0.15, -0.1) is 11.8 Å². The first kappa shape index (κ1) is 13.0. The molecule has 3 N–H and O–H groups in total. The summed E-state index contributed by atoms with van der Waals surface area (Å²) >= 11 is 5.31. The number of nitrogens with two attached hydrogens (primary N) is 1. The standard InChI is InChI=1S/C13H17BrN2S/c14-10-5-6-11(13(15)16)12(7-10)17-8-9-3-1-2-4-9/h5-7,9H,1-4,8H2,(H3,15,16). The molecule has 0 saturated heterocycles. The van der Waals surface area contributed by atoms with Crippen molar-refractivity contribution in [3.63, 3.8) is 0 Å². The second-order valence-corrected chi connectivity index (χ2v) is 6.49. The van der Waals surface area contributed by atoms with Crippen molar-refractivity contribution in [1.29, 1.82) is 5.41 Å². The van der Waals surface area contributed by atoms with E-state index in [1.807, 2.05) is 23.9 Å². The molecule has 0 aromatic heterocycles. The Kier molecular flexibility index (Phi) is 4.51. The van der Waals surface area contributed by atoms with Gasteiger partial charge in [-0.05, 0) is 37.0 Å². The minimum Gasteiger partial charge on any atom is -0.384 e. The molecule has 1 aromatic rings. The maximum absolute atomic E-state index is 7.58. The van der Waals surface area contributed by atoms with Crippen LogP contribution in [-0.2, 0) is 0 Å². The van der Waals surface area contributed by atoms with E-state index in [4.69, 9.17) is 11.1 Å². The van der Waals surface area contributed by atoms with Crippen molar-refractivity contribution < 1.29 is 0 Å². The van der Waals surface area contributed by atoms with E-state index in [0.717, 1.165) is 26.6 Å². The lowest BCUT2D eigenvalue weighted by molar-refractivity contribution is 0.623. The smallest absolute Gasteiger partial charge is 0.123 e. The first-order valence-corrected chi connectivity index (χ1v) is 7.71. The molecule has 92 valence electrons. The van der Waals surface area contributed by atoms with Gasteiger partial charge < -0.3 is 5.73 Å². The summed E-state index contributed by atoms with van der Waals surface area (Å²) in [5.74, 6) is 2.15. The summed E-state index contributed by atoms with van der Waals surface area (Å²) in [4.78, 5) is 1.12. The molecule has 1 saturated carbocycles. The molecule has 0 unspecified atom stereocenters. The van der Waals surface area contributed by atoms with Crippen LogP contribution in [0.2, 0.25) is 0 Å². The van der Waals surface area contributed by atoms with Crippen molar-refractivity contribution >= 4 is 33.5 Å². The van der Waals surface area contributed by atoms with Crippen molar-refractivity contribution in [2.45, 2.75) is 30.6 Å². The fourth-order valence-electron chi connectivity index (χ4n) is 2.22. The Balaban J connectivity index is 2.07. The molecule has 2 rings (SSSR count). The van der Waals surface area contributed by atoms with E-state index < -0.39 is 0 Å². The molecule has 0 atom stereocenters. The average molecular weight is 313 g/mol. The number of hydrogen-bond donors (Lipinski definition) is 2. The fourth-order valence-corrected chi connectivity index (χ4v) is 4.03. The highest BCUT2D eigenvalue weighted by molar-refractivity contribution is 9.10. The molecule has 4 heteroatoms. The van der Waals surface area contributed by atoms with E-state index in [-0.39, 0.29) is 5.84 Å². The number of thioether (sulfide) groups is 1. The summed E-state index contributed by atoms with van der Waals surface area (Å²) in [5, 5.41) is 7.58. The topological polar surface area (TPSA) is 49.9 Å². The van der Waals surface area contributed by atoms with Gasteiger partial charge in [-0.1, -0.05) is 28.8 Å². The van der Waals surface area contributed by atoms with E-state index in [9.17, 15) is 0 Å². The van der Waals surface area contributed by atoms with Crippen LogP contribution in [0.5, 0.6) is 0 Å². The molecule has 0 amide bonds. The number of halogens is 1. The monoisotopic (exact) mass is 312 g/mol. The minimum atomic E-state index is 0.159. The summed E-state index contributed by atoms with van der Waals surface area (Å²) < 4.78 is 1.05. The second kappa shape index (κ2) is 5.91. The lowest BCUT2D eigenvalue weighted by Gasteiger charge is -2.11.